The third-order valence-electron chi connectivity index (χ3n) is 4.36. The van der Waals surface area contributed by atoms with Gasteiger partial charge in [-0.05, 0) is 54.5 Å². The molecule has 0 spiro atoms. The number of aromatic nitrogens is 4. The molecule has 9 heteroatoms. The molecule has 3 aromatic rings. The average molecular weight is 434 g/mol. The molecule has 31 heavy (non-hydrogen) atoms. The second-order valence-electron chi connectivity index (χ2n) is 6.48. The number of anilines is 1. The number of aryl methyl sites for hydroxylation is 1. The Hall–Kier alpha value is -3.23. The molecule has 0 aliphatic rings. The summed E-state index contributed by atoms with van der Waals surface area (Å²) in [6.45, 7) is 7.69. The van der Waals surface area contributed by atoms with Crippen LogP contribution in [0.15, 0.2) is 42.5 Å². The van der Waals surface area contributed by atoms with Crippen molar-refractivity contribution in [3.8, 4) is 11.5 Å². The molecule has 0 amide bonds. The van der Waals surface area contributed by atoms with Gasteiger partial charge in [-0.1, -0.05) is 54.8 Å². The molecule has 1 unspecified atom stereocenters. The summed E-state index contributed by atoms with van der Waals surface area (Å²) in [5.74, 6) is 0.747. The number of hydrogen-bond acceptors (Lipinski definition) is 6. The van der Waals surface area contributed by atoms with Crippen LogP contribution < -0.4 is 14.8 Å². The lowest BCUT2D eigenvalue weighted by atomic mass is 10.1. The van der Waals surface area contributed by atoms with Crippen LogP contribution in [0.4, 0.5) is 14.7 Å². The number of tetrazole rings is 1. The summed E-state index contributed by atoms with van der Waals surface area (Å²) < 4.78 is 36.8. The predicted molar refractivity (Wildman–Crippen MR) is 116 cm³/mol. The molecule has 0 aliphatic carbocycles. The summed E-state index contributed by atoms with van der Waals surface area (Å²) in [7, 11) is 0. The molecule has 3 rings (SSSR count). The van der Waals surface area contributed by atoms with Crippen molar-refractivity contribution in [1.29, 1.82) is 0 Å². The second-order valence-corrected chi connectivity index (χ2v) is 6.48. The highest BCUT2D eigenvalue weighted by atomic mass is 19.3. The fraction of sp³-hybridized carbons (Fsp3) is 0.409. The molecule has 0 radical (unpaired) electrons. The number of alkyl halides is 2. The molecule has 0 bridgehead atoms. The zero-order valence-corrected chi connectivity index (χ0v) is 18.5. The molecule has 0 fully saturated rings. The van der Waals surface area contributed by atoms with E-state index in [1.807, 2.05) is 45.9 Å². The third kappa shape index (κ3) is 6.63. The first-order valence-corrected chi connectivity index (χ1v) is 10.3. The van der Waals surface area contributed by atoms with Crippen molar-refractivity contribution in [1.82, 2.24) is 20.2 Å². The Labute approximate surface area is 181 Å². The van der Waals surface area contributed by atoms with Crippen LogP contribution >= 0.6 is 0 Å². The SMILES string of the molecule is CC.CCOc1cc(C(C)n2nnnc2NCc2cccc(C)c2)ccc1OC(F)F. The van der Waals surface area contributed by atoms with Crippen molar-refractivity contribution < 1.29 is 18.3 Å². The highest BCUT2D eigenvalue weighted by molar-refractivity contribution is 5.44. The van der Waals surface area contributed by atoms with Gasteiger partial charge in [0.25, 0.3) is 0 Å². The van der Waals surface area contributed by atoms with Crippen LogP contribution in [0, 0.1) is 6.92 Å². The van der Waals surface area contributed by atoms with Crippen LogP contribution in [0.1, 0.15) is 50.4 Å². The van der Waals surface area contributed by atoms with Crippen LogP contribution in [0.3, 0.4) is 0 Å². The van der Waals surface area contributed by atoms with E-state index in [0.717, 1.165) is 11.1 Å². The molecular weight excluding hydrogens is 404 g/mol. The van der Waals surface area contributed by atoms with Gasteiger partial charge in [-0.15, -0.1) is 0 Å². The number of rotatable bonds is 9. The van der Waals surface area contributed by atoms with Crippen molar-refractivity contribution >= 4 is 5.95 Å². The summed E-state index contributed by atoms with van der Waals surface area (Å²) >= 11 is 0. The summed E-state index contributed by atoms with van der Waals surface area (Å²) in [5, 5.41) is 15.1. The van der Waals surface area contributed by atoms with E-state index < -0.39 is 6.61 Å². The van der Waals surface area contributed by atoms with Gasteiger partial charge in [0.05, 0.1) is 12.6 Å². The second kappa shape index (κ2) is 11.8. The lowest BCUT2D eigenvalue weighted by Gasteiger charge is -2.17. The van der Waals surface area contributed by atoms with E-state index >= 15 is 0 Å². The Kier molecular flexibility index (Phi) is 9.17. The molecular formula is C22H29F2N5O2. The first-order chi connectivity index (χ1) is 15.0. The number of nitrogens with one attached hydrogen (secondary N) is 1. The van der Waals surface area contributed by atoms with Crippen molar-refractivity contribution in [3.05, 3.63) is 59.2 Å². The van der Waals surface area contributed by atoms with E-state index in [-0.39, 0.29) is 17.5 Å². The normalized spacial score (nSPS) is 11.5. The van der Waals surface area contributed by atoms with E-state index in [1.54, 1.807) is 23.7 Å². The Morgan fingerprint density at radius 3 is 2.55 bits per heavy atom. The van der Waals surface area contributed by atoms with Gasteiger partial charge < -0.3 is 14.8 Å². The molecule has 1 aromatic heterocycles. The molecule has 0 aliphatic heterocycles. The van der Waals surface area contributed by atoms with Crippen LogP contribution in [0.2, 0.25) is 0 Å². The Bertz CT molecular complexity index is 949. The fourth-order valence-electron chi connectivity index (χ4n) is 2.96. The topological polar surface area (TPSA) is 74.1 Å². The van der Waals surface area contributed by atoms with Gasteiger partial charge >= 0.3 is 6.61 Å². The maximum absolute atomic E-state index is 12.6. The van der Waals surface area contributed by atoms with Crippen LogP contribution in [0.5, 0.6) is 11.5 Å². The predicted octanol–water partition coefficient (Wildman–Crippen LogP) is 5.23. The van der Waals surface area contributed by atoms with Crippen molar-refractivity contribution in [2.45, 2.75) is 53.8 Å². The smallest absolute Gasteiger partial charge is 0.387 e. The molecule has 0 saturated heterocycles. The zero-order valence-electron chi connectivity index (χ0n) is 18.5. The number of hydrogen-bond donors (Lipinski definition) is 1. The number of halogens is 2. The van der Waals surface area contributed by atoms with E-state index in [0.29, 0.717) is 19.1 Å². The molecule has 1 heterocycles. The number of benzene rings is 2. The maximum atomic E-state index is 12.6. The van der Waals surface area contributed by atoms with Gasteiger partial charge in [0.15, 0.2) is 11.5 Å². The van der Waals surface area contributed by atoms with Gasteiger partial charge in [0.2, 0.25) is 5.95 Å². The van der Waals surface area contributed by atoms with Crippen molar-refractivity contribution in [2.75, 3.05) is 11.9 Å². The summed E-state index contributed by atoms with van der Waals surface area (Å²) in [4.78, 5) is 0. The zero-order chi connectivity index (χ0) is 22.8. The first kappa shape index (κ1) is 24.0. The molecule has 7 nitrogen and oxygen atoms in total. The van der Waals surface area contributed by atoms with Crippen LogP contribution in [-0.4, -0.2) is 33.4 Å². The summed E-state index contributed by atoms with van der Waals surface area (Å²) in [5.41, 5.74) is 3.08. The van der Waals surface area contributed by atoms with E-state index in [2.05, 4.69) is 31.6 Å². The monoisotopic (exact) mass is 433 g/mol. The number of ether oxygens (including phenoxy) is 2. The van der Waals surface area contributed by atoms with Crippen LogP contribution in [0.25, 0.3) is 0 Å². The van der Waals surface area contributed by atoms with Gasteiger partial charge in [-0.25, -0.2) is 4.68 Å². The third-order valence-corrected chi connectivity index (χ3v) is 4.36. The standard InChI is InChI=1S/C20H23F2N5O2.C2H6/c1-4-28-18-11-16(8-9-17(18)29-19(21)22)14(3)27-20(24-25-26-27)23-12-15-7-5-6-13(2)10-15;1-2/h5-11,14,19H,4,12H2,1-3H3,(H,23,24,26);1-2H3. The molecule has 1 atom stereocenters. The van der Waals surface area contributed by atoms with E-state index in [9.17, 15) is 8.78 Å². The highest BCUT2D eigenvalue weighted by Crippen LogP contribution is 2.33. The van der Waals surface area contributed by atoms with E-state index in [1.165, 1.54) is 11.6 Å². The summed E-state index contributed by atoms with van der Waals surface area (Å²) in [6, 6.07) is 12.7. The average Bonchev–Trinajstić information content (AvgIpc) is 3.23. The molecule has 1 N–H and O–H groups in total. The van der Waals surface area contributed by atoms with Crippen molar-refractivity contribution in [3.63, 3.8) is 0 Å². The minimum atomic E-state index is -2.92. The minimum Gasteiger partial charge on any atom is -0.490 e. The largest absolute Gasteiger partial charge is 0.490 e. The van der Waals surface area contributed by atoms with Crippen LogP contribution in [-0.2, 0) is 6.54 Å². The van der Waals surface area contributed by atoms with Gasteiger partial charge in [-0.2, -0.15) is 8.78 Å². The van der Waals surface area contributed by atoms with Gasteiger partial charge in [-0.3, -0.25) is 0 Å². The first-order valence-electron chi connectivity index (χ1n) is 10.3. The molecule has 168 valence electrons. The lowest BCUT2D eigenvalue weighted by Crippen LogP contribution is -2.14. The Morgan fingerprint density at radius 1 is 1.10 bits per heavy atom. The quantitative estimate of drug-likeness (QED) is 0.498. The molecule has 0 saturated carbocycles. The summed E-state index contributed by atoms with van der Waals surface area (Å²) in [6.07, 6.45) is 0. The highest BCUT2D eigenvalue weighted by Gasteiger charge is 2.18. The Morgan fingerprint density at radius 2 is 1.87 bits per heavy atom. The number of nitrogens with zero attached hydrogens (tertiary/aromatic N) is 4. The van der Waals surface area contributed by atoms with Gasteiger partial charge in [0, 0.05) is 6.54 Å². The maximum Gasteiger partial charge on any atom is 0.387 e. The van der Waals surface area contributed by atoms with Gasteiger partial charge in [0.1, 0.15) is 0 Å². The van der Waals surface area contributed by atoms with E-state index in [4.69, 9.17) is 4.74 Å². The fourth-order valence-corrected chi connectivity index (χ4v) is 2.96. The molecule has 2 aromatic carbocycles. The Balaban J connectivity index is 0.00000166. The minimum absolute atomic E-state index is 0.00712. The van der Waals surface area contributed by atoms with Crippen molar-refractivity contribution in [2.24, 2.45) is 0 Å². The lowest BCUT2D eigenvalue weighted by molar-refractivity contribution is -0.0514.